The Hall–Kier alpha value is -1.91. The van der Waals surface area contributed by atoms with Gasteiger partial charge < -0.3 is 9.72 Å². The topological polar surface area (TPSA) is 72.1 Å². The lowest BCUT2D eigenvalue weighted by Crippen LogP contribution is -2.51. The van der Waals surface area contributed by atoms with Crippen molar-refractivity contribution in [3.8, 4) is 0 Å². The molecule has 8 unspecified atom stereocenters. The van der Waals surface area contributed by atoms with Crippen molar-refractivity contribution in [1.82, 2.24) is 9.97 Å². The standard InChI is InChI=1S/C37H58N2O3/c1-25(2)8-6-9-26(3)32-15-16-33-31-14-12-27-22-30(18-20-36(27,4)34(31)19-21-37(32,33)5)42-35(41)17-13-29(40)11-7-10-28-23-38-24-39-28/h12,23-26,30-34H,6-11,13-22H2,1-5H3,(H,38,39). The summed E-state index contributed by atoms with van der Waals surface area (Å²) in [6.07, 6.45) is 22.6. The Bertz CT molecular complexity index is 1090. The molecule has 1 heterocycles. The number of esters is 1. The molecule has 3 saturated carbocycles. The van der Waals surface area contributed by atoms with E-state index in [1.165, 1.54) is 51.4 Å². The first-order valence-corrected chi connectivity index (χ1v) is 17.5. The van der Waals surface area contributed by atoms with E-state index in [0.29, 0.717) is 11.8 Å². The number of ether oxygens (including phenoxy) is 1. The van der Waals surface area contributed by atoms with Crippen LogP contribution >= 0.6 is 0 Å². The number of carbonyl (C=O) groups is 2. The van der Waals surface area contributed by atoms with Crippen molar-refractivity contribution in [2.75, 3.05) is 0 Å². The van der Waals surface area contributed by atoms with Crippen molar-refractivity contribution < 1.29 is 14.3 Å². The van der Waals surface area contributed by atoms with Crippen LogP contribution in [0.1, 0.15) is 137 Å². The number of allylic oxidation sites excluding steroid dienone is 1. The Morgan fingerprint density at radius 1 is 1.00 bits per heavy atom. The third kappa shape index (κ3) is 6.75. The summed E-state index contributed by atoms with van der Waals surface area (Å²) in [6, 6.07) is 0. The summed E-state index contributed by atoms with van der Waals surface area (Å²) in [5.74, 6) is 4.98. The molecule has 5 heteroatoms. The molecule has 0 amide bonds. The second-order valence-corrected chi connectivity index (χ2v) is 15.6. The largest absolute Gasteiger partial charge is 0.462 e. The second-order valence-electron chi connectivity index (χ2n) is 15.6. The number of Topliss-reactive ketones (excluding diaryl/α,β-unsaturated/α-hetero) is 1. The van der Waals surface area contributed by atoms with Crippen molar-refractivity contribution >= 4 is 11.8 Å². The third-order valence-corrected chi connectivity index (χ3v) is 12.6. The molecule has 0 saturated heterocycles. The summed E-state index contributed by atoms with van der Waals surface area (Å²) in [5.41, 5.74) is 3.39. The lowest BCUT2D eigenvalue weighted by Gasteiger charge is -2.58. The van der Waals surface area contributed by atoms with E-state index in [4.69, 9.17) is 4.74 Å². The van der Waals surface area contributed by atoms with Crippen LogP contribution in [0.25, 0.3) is 0 Å². The van der Waals surface area contributed by atoms with E-state index < -0.39 is 0 Å². The van der Waals surface area contributed by atoms with Gasteiger partial charge in [0.05, 0.1) is 12.7 Å². The molecule has 0 radical (unpaired) electrons. The molecule has 0 bridgehead atoms. The molecular formula is C37H58N2O3. The van der Waals surface area contributed by atoms with Gasteiger partial charge in [-0.05, 0) is 104 Å². The van der Waals surface area contributed by atoms with Crippen molar-refractivity contribution in [2.45, 2.75) is 143 Å². The first kappa shape index (κ1) is 31.5. The van der Waals surface area contributed by atoms with Gasteiger partial charge in [-0.1, -0.05) is 65.5 Å². The highest BCUT2D eigenvalue weighted by Gasteiger charge is 2.59. The number of nitrogens with one attached hydrogen (secondary N) is 1. The van der Waals surface area contributed by atoms with Crippen LogP contribution in [0, 0.1) is 46.3 Å². The Kier molecular flexibility index (Phi) is 10.0. The molecule has 5 nitrogen and oxygen atoms in total. The zero-order chi connectivity index (χ0) is 29.9. The molecule has 234 valence electrons. The minimum atomic E-state index is -0.201. The summed E-state index contributed by atoms with van der Waals surface area (Å²) < 4.78 is 5.96. The molecule has 5 rings (SSSR count). The number of hydrogen-bond donors (Lipinski definition) is 1. The Morgan fingerprint density at radius 2 is 1.83 bits per heavy atom. The van der Waals surface area contributed by atoms with Crippen LogP contribution in [0.4, 0.5) is 0 Å². The van der Waals surface area contributed by atoms with Crippen molar-refractivity contribution in [1.29, 1.82) is 0 Å². The molecule has 4 aliphatic rings. The number of aryl methyl sites for hydroxylation is 1. The van der Waals surface area contributed by atoms with Crippen molar-refractivity contribution in [2.24, 2.45) is 46.3 Å². The molecule has 3 fully saturated rings. The lowest BCUT2D eigenvalue weighted by atomic mass is 9.47. The van der Waals surface area contributed by atoms with E-state index in [1.54, 1.807) is 18.1 Å². The zero-order valence-electron chi connectivity index (χ0n) is 27.3. The Morgan fingerprint density at radius 3 is 2.60 bits per heavy atom. The number of H-pyrrole nitrogens is 1. The maximum Gasteiger partial charge on any atom is 0.306 e. The zero-order valence-corrected chi connectivity index (χ0v) is 27.3. The number of hydrogen-bond acceptors (Lipinski definition) is 4. The smallest absolute Gasteiger partial charge is 0.306 e. The molecule has 8 atom stereocenters. The lowest BCUT2D eigenvalue weighted by molar-refractivity contribution is -0.152. The van der Waals surface area contributed by atoms with E-state index in [1.807, 2.05) is 0 Å². The molecule has 0 spiro atoms. The molecule has 0 aliphatic heterocycles. The highest BCUT2D eigenvalue weighted by atomic mass is 16.5. The second kappa shape index (κ2) is 13.4. The van der Waals surface area contributed by atoms with Gasteiger partial charge in [-0.3, -0.25) is 9.59 Å². The van der Waals surface area contributed by atoms with Crippen molar-refractivity contribution in [3.05, 3.63) is 29.9 Å². The van der Waals surface area contributed by atoms with E-state index in [0.717, 1.165) is 73.3 Å². The predicted molar refractivity (Wildman–Crippen MR) is 169 cm³/mol. The van der Waals surface area contributed by atoms with Crippen LogP contribution in [0.2, 0.25) is 0 Å². The summed E-state index contributed by atoms with van der Waals surface area (Å²) in [6.45, 7) is 12.5. The average molecular weight is 579 g/mol. The SMILES string of the molecule is CC(C)CCCC(C)C1CCC2C3CC=C4CC(OC(=O)CCC(=O)CCCc5cnc[nH]5)CCC4(C)C3CCC12C. The highest BCUT2D eigenvalue weighted by molar-refractivity contribution is 5.82. The Labute approximate surface area is 255 Å². The molecule has 42 heavy (non-hydrogen) atoms. The fraction of sp³-hybridized carbons (Fsp3) is 0.811. The van der Waals surface area contributed by atoms with Crippen molar-refractivity contribution in [3.63, 3.8) is 0 Å². The van der Waals surface area contributed by atoms with Gasteiger partial charge in [-0.2, -0.15) is 0 Å². The quantitative estimate of drug-likeness (QED) is 0.187. The maximum absolute atomic E-state index is 12.7. The summed E-state index contributed by atoms with van der Waals surface area (Å²) >= 11 is 0. The number of aromatic amines is 1. The molecule has 4 aliphatic carbocycles. The van der Waals surface area contributed by atoms with Crippen LogP contribution in [0.3, 0.4) is 0 Å². The normalized spacial score (nSPS) is 34.7. The first-order valence-electron chi connectivity index (χ1n) is 17.5. The number of ketones is 1. The first-order chi connectivity index (χ1) is 20.1. The van der Waals surface area contributed by atoms with E-state index in [9.17, 15) is 9.59 Å². The number of imidazole rings is 1. The van der Waals surface area contributed by atoms with Crippen LogP contribution in [0.5, 0.6) is 0 Å². The van der Waals surface area contributed by atoms with Gasteiger partial charge >= 0.3 is 5.97 Å². The fourth-order valence-corrected chi connectivity index (χ4v) is 10.3. The predicted octanol–water partition coefficient (Wildman–Crippen LogP) is 9.03. The highest BCUT2D eigenvalue weighted by Crippen LogP contribution is 2.67. The van der Waals surface area contributed by atoms with Crippen LogP contribution in [-0.4, -0.2) is 27.8 Å². The van der Waals surface area contributed by atoms with Crippen LogP contribution in [-0.2, 0) is 20.7 Å². The maximum atomic E-state index is 12.7. The van der Waals surface area contributed by atoms with Gasteiger partial charge in [-0.25, -0.2) is 4.98 Å². The van der Waals surface area contributed by atoms with Gasteiger partial charge in [-0.15, -0.1) is 0 Å². The molecule has 1 aromatic rings. The summed E-state index contributed by atoms with van der Waals surface area (Å²) in [5, 5.41) is 0. The van der Waals surface area contributed by atoms with Crippen LogP contribution in [0.15, 0.2) is 24.2 Å². The molecule has 0 aromatic carbocycles. The number of aromatic nitrogens is 2. The van der Waals surface area contributed by atoms with Gasteiger partial charge in [0.1, 0.15) is 11.9 Å². The summed E-state index contributed by atoms with van der Waals surface area (Å²) in [4.78, 5) is 32.1. The number of carbonyl (C=O) groups excluding carboxylic acids is 2. The fourth-order valence-electron chi connectivity index (χ4n) is 10.3. The third-order valence-electron chi connectivity index (χ3n) is 12.6. The monoisotopic (exact) mass is 578 g/mol. The van der Waals surface area contributed by atoms with E-state index >= 15 is 0 Å². The van der Waals surface area contributed by atoms with E-state index in [2.05, 4.69) is 50.7 Å². The summed E-state index contributed by atoms with van der Waals surface area (Å²) in [7, 11) is 0. The van der Waals surface area contributed by atoms with Gasteiger partial charge in [0.2, 0.25) is 0 Å². The Balaban J connectivity index is 1.11. The number of nitrogens with zero attached hydrogens (tertiary/aromatic N) is 1. The van der Waals surface area contributed by atoms with Gasteiger partial charge in [0.25, 0.3) is 0 Å². The molecule has 1 N–H and O–H groups in total. The van der Waals surface area contributed by atoms with Gasteiger partial charge in [0.15, 0.2) is 0 Å². The van der Waals surface area contributed by atoms with Crippen LogP contribution < -0.4 is 0 Å². The van der Waals surface area contributed by atoms with Gasteiger partial charge in [0, 0.05) is 31.2 Å². The number of fused-ring (bicyclic) bond motifs is 5. The average Bonchev–Trinajstić information content (AvgIpc) is 3.59. The molecular weight excluding hydrogens is 520 g/mol. The minimum Gasteiger partial charge on any atom is -0.462 e. The minimum absolute atomic E-state index is 0.0275. The molecule has 1 aromatic heterocycles. The number of rotatable bonds is 13. The van der Waals surface area contributed by atoms with E-state index in [-0.39, 0.29) is 36.1 Å².